The van der Waals surface area contributed by atoms with Crippen molar-refractivity contribution in [2.45, 2.75) is 19.1 Å². The van der Waals surface area contributed by atoms with Gasteiger partial charge in [0.15, 0.2) is 11.5 Å². The fourth-order valence-electron chi connectivity index (χ4n) is 3.95. The standard InChI is InChI=1S/C26H19ClF3NO4/c1-2-35-20-13-10-17(26(28,29)30)14-19(20)31-22(15-8-11-18(27)12-9-15)21(24(33)25(31)34)23(32)16-6-4-3-5-7-16/h3-14,22,33H,2H2,1H3. The van der Waals surface area contributed by atoms with Crippen LogP contribution >= 0.6 is 11.6 Å². The highest BCUT2D eigenvalue weighted by Gasteiger charge is 2.46. The summed E-state index contributed by atoms with van der Waals surface area (Å²) in [6.45, 7) is 1.76. The zero-order valence-electron chi connectivity index (χ0n) is 18.3. The minimum atomic E-state index is -4.70. The smallest absolute Gasteiger partial charge is 0.416 e. The number of anilines is 1. The van der Waals surface area contributed by atoms with Crippen LogP contribution in [0.5, 0.6) is 5.75 Å². The Morgan fingerprint density at radius 1 is 1.06 bits per heavy atom. The summed E-state index contributed by atoms with van der Waals surface area (Å²) in [5.74, 6) is -2.51. The van der Waals surface area contributed by atoms with E-state index in [1.54, 1.807) is 25.1 Å². The van der Waals surface area contributed by atoms with Gasteiger partial charge in [-0.15, -0.1) is 0 Å². The highest BCUT2D eigenvalue weighted by atomic mass is 35.5. The van der Waals surface area contributed by atoms with Crippen LogP contribution in [0.25, 0.3) is 0 Å². The summed E-state index contributed by atoms with van der Waals surface area (Å²) in [6, 6.07) is 15.6. The second-order valence-electron chi connectivity index (χ2n) is 7.70. The first-order valence-corrected chi connectivity index (χ1v) is 11.0. The van der Waals surface area contributed by atoms with E-state index in [0.29, 0.717) is 10.6 Å². The number of alkyl halides is 3. The molecule has 1 aliphatic heterocycles. The first kappa shape index (κ1) is 24.3. The molecule has 1 aliphatic rings. The van der Waals surface area contributed by atoms with E-state index in [1.807, 2.05) is 0 Å². The van der Waals surface area contributed by atoms with Crippen molar-refractivity contribution in [1.82, 2.24) is 0 Å². The molecular formula is C26H19ClF3NO4. The number of ether oxygens (including phenoxy) is 1. The summed E-state index contributed by atoms with van der Waals surface area (Å²) in [5.41, 5.74) is -0.930. The average Bonchev–Trinajstić information content (AvgIpc) is 3.10. The van der Waals surface area contributed by atoms with Crippen molar-refractivity contribution in [1.29, 1.82) is 0 Å². The van der Waals surface area contributed by atoms with Gasteiger partial charge in [0.25, 0.3) is 5.91 Å². The topological polar surface area (TPSA) is 66.8 Å². The summed E-state index contributed by atoms with van der Waals surface area (Å²) in [6.07, 6.45) is -4.70. The van der Waals surface area contributed by atoms with Gasteiger partial charge >= 0.3 is 6.18 Å². The maximum absolute atomic E-state index is 13.6. The maximum Gasteiger partial charge on any atom is 0.416 e. The monoisotopic (exact) mass is 501 g/mol. The van der Waals surface area contributed by atoms with Crippen LogP contribution in [-0.2, 0) is 11.0 Å². The summed E-state index contributed by atoms with van der Waals surface area (Å²) in [7, 11) is 0. The predicted octanol–water partition coefficient (Wildman–Crippen LogP) is 6.54. The molecule has 1 atom stereocenters. The zero-order chi connectivity index (χ0) is 25.3. The lowest BCUT2D eigenvalue weighted by Crippen LogP contribution is -2.31. The average molecular weight is 502 g/mol. The molecule has 4 rings (SSSR count). The van der Waals surface area contributed by atoms with Crippen molar-refractivity contribution in [2.24, 2.45) is 0 Å². The molecule has 0 saturated carbocycles. The second-order valence-corrected chi connectivity index (χ2v) is 8.14. The number of aliphatic hydroxyl groups excluding tert-OH is 1. The zero-order valence-corrected chi connectivity index (χ0v) is 19.1. The van der Waals surface area contributed by atoms with E-state index in [-0.39, 0.29) is 29.2 Å². The van der Waals surface area contributed by atoms with E-state index in [1.165, 1.54) is 36.4 Å². The van der Waals surface area contributed by atoms with Gasteiger partial charge in [-0.2, -0.15) is 13.2 Å². The number of carbonyl (C=O) groups is 2. The van der Waals surface area contributed by atoms with Crippen molar-refractivity contribution in [3.8, 4) is 5.75 Å². The normalized spacial score (nSPS) is 16.1. The number of ketones is 1. The molecule has 1 unspecified atom stereocenters. The maximum atomic E-state index is 13.6. The predicted molar refractivity (Wildman–Crippen MR) is 125 cm³/mol. The molecule has 1 N–H and O–H groups in total. The molecule has 1 heterocycles. The highest BCUT2D eigenvalue weighted by Crippen LogP contribution is 2.46. The van der Waals surface area contributed by atoms with Gasteiger partial charge in [0.2, 0.25) is 0 Å². The summed E-state index contributed by atoms with van der Waals surface area (Å²) in [4.78, 5) is 27.7. The Labute approximate surface area is 204 Å². The van der Waals surface area contributed by atoms with Gasteiger partial charge in [-0.25, -0.2) is 0 Å². The minimum Gasteiger partial charge on any atom is -0.503 e. The van der Waals surface area contributed by atoms with E-state index in [0.717, 1.165) is 23.1 Å². The molecule has 0 spiro atoms. The number of amides is 1. The lowest BCUT2D eigenvalue weighted by Gasteiger charge is -2.29. The van der Waals surface area contributed by atoms with Crippen molar-refractivity contribution in [3.05, 3.63) is 106 Å². The van der Waals surface area contributed by atoms with Crippen LogP contribution in [-0.4, -0.2) is 23.4 Å². The third-order valence-electron chi connectivity index (χ3n) is 5.52. The molecule has 3 aromatic carbocycles. The number of hydrogen-bond donors (Lipinski definition) is 1. The fourth-order valence-corrected chi connectivity index (χ4v) is 4.08. The third kappa shape index (κ3) is 4.61. The molecule has 1 amide bonds. The van der Waals surface area contributed by atoms with Crippen molar-refractivity contribution in [2.75, 3.05) is 11.5 Å². The first-order valence-electron chi connectivity index (χ1n) is 10.6. The SMILES string of the molecule is CCOc1ccc(C(F)(F)F)cc1N1C(=O)C(O)=C(C(=O)c2ccccc2)C1c1ccc(Cl)cc1. The summed E-state index contributed by atoms with van der Waals surface area (Å²) < 4.78 is 46.2. The van der Waals surface area contributed by atoms with Gasteiger partial charge in [0, 0.05) is 10.6 Å². The number of aliphatic hydroxyl groups is 1. The van der Waals surface area contributed by atoms with E-state index in [4.69, 9.17) is 16.3 Å². The van der Waals surface area contributed by atoms with Crippen LogP contribution in [0.15, 0.2) is 84.1 Å². The molecule has 5 nitrogen and oxygen atoms in total. The van der Waals surface area contributed by atoms with Crippen LogP contribution < -0.4 is 9.64 Å². The summed E-state index contributed by atoms with van der Waals surface area (Å²) >= 11 is 6.01. The Kier molecular flexibility index (Phi) is 6.58. The molecule has 0 bridgehead atoms. The molecule has 0 aromatic heterocycles. The second kappa shape index (κ2) is 9.46. The number of rotatable bonds is 6. The Morgan fingerprint density at radius 3 is 2.31 bits per heavy atom. The number of carbonyl (C=O) groups excluding carboxylic acids is 2. The van der Waals surface area contributed by atoms with Gasteiger partial charge in [-0.3, -0.25) is 14.5 Å². The van der Waals surface area contributed by atoms with Gasteiger partial charge in [0.1, 0.15) is 5.75 Å². The molecule has 9 heteroatoms. The molecular weight excluding hydrogens is 483 g/mol. The Morgan fingerprint density at radius 2 is 1.71 bits per heavy atom. The van der Waals surface area contributed by atoms with Gasteiger partial charge in [-0.05, 0) is 42.8 Å². The number of halogens is 4. The van der Waals surface area contributed by atoms with Crippen LogP contribution in [0, 0.1) is 0 Å². The van der Waals surface area contributed by atoms with E-state index in [9.17, 15) is 27.9 Å². The molecule has 0 saturated heterocycles. The van der Waals surface area contributed by atoms with Gasteiger partial charge in [0.05, 0.1) is 29.5 Å². The number of benzene rings is 3. The number of hydrogen-bond acceptors (Lipinski definition) is 4. The molecule has 0 radical (unpaired) electrons. The van der Waals surface area contributed by atoms with Crippen molar-refractivity contribution >= 4 is 29.0 Å². The van der Waals surface area contributed by atoms with Crippen LogP contribution in [0.3, 0.4) is 0 Å². The van der Waals surface area contributed by atoms with Gasteiger partial charge in [-0.1, -0.05) is 54.1 Å². The minimum absolute atomic E-state index is 0.00553. The Hall–Kier alpha value is -3.78. The van der Waals surface area contributed by atoms with E-state index < -0.39 is 35.2 Å². The largest absolute Gasteiger partial charge is 0.503 e. The van der Waals surface area contributed by atoms with Crippen LogP contribution in [0.1, 0.15) is 34.5 Å². The van der Waals surface area contributed by atoms with Gasteiger partial charge < -0.3 is 9.84 Å². The first-order chi connectivity index (χ1) is 16.6. The van der Waals surface area contributed by atoms with E-state index >= 15 is 0 Å². The Bertz CT molecular complexity index is 1300. The highest BCUT2D eigenvalue weighted by molar-refractivity contribution is 6.30. The number of Topliss-reactive ketones (excluding diaryl/α,β-unsaturated/α-hetero) is 1. The third-order valence-corrected chi connectivity index (χ3v) is 5.77. The molecule has 0 aliphatic carbocycles. The van der Waals surface area contributed by atoms with Crippen molar-refractivity contribution < 1.29 is 32.6 Å². The van der Waals surface area contributed by atoms with E-state index in [2.05, 4.69) is 0 Å². The molecule has 35 heavy (non-hydrogen) atoms. The lowest BCUT2D eigenvalue weighted by molar-refractivity contribution is -0.137. The number of nitrogens with zero attached hydrogens (tertiary/aromatic N) is 1. The molecule has 3 aromatic rings. The Balaban J connectivity index is 1.94. The van der Waals surface area contributed by atoms with Crippen molar-refractivity contribution in [3.63, 3.8) is 0 Å². The molecule has 0 fully saturated rings. The molecule has 180 valence electrons. The van der Waals surface area contributed by atoms with Crippen LogP contribution in [0.2, 0.25) is 5.02 Å². The quantitative estimate of drug-likeness (QED) is 0.389. The van der Waals surface area contributed by atoms with Crippen LogP contribution in [0.4, 0.5) is 18.9 Å². The summed E-state index contributed by atoms with van der Waals surface area (Å²) in [5, 5.41) is 11.2. The fraction of sp³-hybridized carbons (Fsp3) is 0.154. The lowest BCUT2D eigenvalue weighted by atomic mass is 9.92.